The summed E-state index contributed by atoms with van der Waals surface area (Å²) in [6, 6.07) is 13.4. The van der Waals surface area contributed by atoms with Gasteiger partial charge in [-0.15, -0.1) is 0 Å². The van der Waals surface area contributed by atoms with Crippen LogP contribution in [0.4, 0.5) is 5.69 Å². The lowest BCUT2D eigenvalue weighted by molar-refractivity contribution is 0.0600. The van der Waals surface area contributed by atoms with Crippen molar-refractivity contribution in [2.24, 2.45) is 0 Å². The van der Waals surface area contributed by atoms with E-state index in [1.54, 1.807) is 6.07 Å². The summed E-state index contributed by atoms with van der Waals surface area (Å²) in [5.41, 5.74) is 1.95. The van der Waals surface area contributed by atoms with Crippen molar-refractivity contribution < 1.29 is 17.9 Å². The summed E-state index contributed by atoms with van der Waals surface area (Å²) < 4.78 is 32.1. The monoisotopic (exact) mass is 331 g/mol. The highest BCUT2D eigenvalue weighted by Crippen LogP contribution is 2.31. The van der Waals surface area contributed by atoms with Crippen LogP contribution in [-0.2, 0) is 21.2 Å². The van der Waals surface area contributed by atoms with Gasteiger partial charge in [0.15, 0.2) is 0 Å². The highest BCUT2D eigenvalue weighted by atomic mass is 32.2. The molecule has 0 aromatic heterocycles. The summed E-state index contributed by atoms with van der Waals surface area (Å²) in [4.78, 5) is 11.7. The van der Waals surface area contributed by atoms with Crippen LogP contribution < -0.4 is 4.31 Å². The Labute approximate surface area is 135 Å². The van der Waals surface area contributed by atoms with Gasteiger partial charge in [-0.3, -0.25) is 4.31 Å². The van der Waals surface area contributed by atoms with Gasteiger partial charge < -0.3 is 4.74 Å². The van der Waals surface area contributed by atoms with Crippen molar-refractivity contribution in [3.8, 4) is 0 Å². The van der Waals surface area contributed by atoms with Crippen LogP contribution in [-0.4, -0.2) is 28.0 Å². The number of hydrogen-bond acceptors (Lipinski definition) is 4. The molecule has 0 bridgehead atoms. The van der Waals surface area contributed by atoms with E-state index in [9.17, 15) is 13.2 Å². The van der Waals surface area contributed by atoms with Gasteiger partial charge >= 0.3 is 5.97 Å². The van der Waals surface area contributed by atoms with Crippen LogP contribution in [0.25, 0.3) is 0 Å². The van der Waals surface area contributed by atoms with Crippen LogP contribution in [0.5, 0.6) is 0 Å². The maximum Gasteiger partial charge on any atom is 0.337 e. The average Bonchev–Trinajstić information content (AvgIpc) is 2.60. The standard InChI is InChI=1S/C17H17NO4S/c1-22-17(19)14-7-4-9-15(12-14)23(20,21)18-11-5-8-13-6-2-3-10-16(13)18/h2-4,6-7,9-10,12H,5,8,11H2,1H3. The van der Waals surface area contributed by atoms with Crippen LogP contribution in [0.15, 0.2) is 53.4 Å². The Hall–Kier alpha value is -2.34. The Bertz CT molecular complexity index is 845. The number of ether oxygens (including phenoxy) is 1. The number of sulfonamides is 1. The van der Waals surface area contributed by atoms with Crippen molar-refractivity contribution in [2.45, 2.75) is 17.7 Å². The molecule has 120 valence electrons. The number of rotatable bonds is 3. The number of fused-ring (bicyclic) bond motifs is 1. The van der Waals surface area contributed by atoms with Gasteiger partial charge in [0.1, 0.15) is 0 Å². The Morgan fingerprint density at radius 2 is 1.91 bits per heavy atom. The summed E-state index contributed by atoms with van der Waals surface area (Å²) in [7, 11) is -2.45. The summed E-state index contributed by atoms with van der Waals surface area (Å²) in [5.74, 6) is -0.555. The molecule has 2 aromatic carbocycles. The van der Waals surface area contributed by atoms with Crippen molar-refractivity contribution >= 4 is 21.7 Å². The predicted octanol–water partition coefficient (Wildman–Crippen LogP) is 2.61. The quantitative estimate of drug-likeness (QED) is 0.811. The molecule has 0 amide bonds. The van der Waals surface area contributed by atoms with Gasteiger partial charge in [-0.1, -0.05) is 24.3 Å². The molecule has 0 N–H and O–H groups in total. The zero-order chi connectivity index (χ0) is 16.4. The van der Waals surface area contributed by atoms with E-state index in [1.165, 1.54) is 29.6 Å². The highest BCUT2D eigenvalue weighted by molar-refractivity contribution is 7.92. The summed E-state index contributed by atoms with van der Waals surface area (Å²) in [6.07, 6.45) is 1.64. The lowest BCUT2D eigenvalue weighted by Gasteiger charge is -2.30. The van der Waals surface area contributed by atoms with Crippen LogP contribution in [0.2, 0.25) is 0 Å². The van der Waals surface area contributed by atoms with E-state index in [2.05, 4.69) is 4.74 Å². The van der Waals surface area contributed by atoms with E-state index in [0.29, 0.717) is 12.2 Å². The second kappa shape index (κ2) is 6.04. The third-order valence-corrected chi connectivity index (χ3v) is 5.72. The molecule has 0 unspecified atom stereocenters. The number of aryl methyl sites for hydroxylation is 1. The van der Waals surface area contributed by atoms with Crippen LogP contribution in [0.3, 0.4) is 0 Å². The topological polar surface area (TPSA) is 63.7 Å². The summed E-state index contributed by atoms with van der Waals surface area (Å²) >= 11 is 0. The van der Waals surface area contributed by atoms with Crippen molar-refractivity contribution in [3.05, 3.63) is 59.7 Å². The predicted molar refractivity (Wildman–Crippen MR) is 87.1 cm³/mol. The van der Waals surface area contributed by atoms with Crippen molar-refractivity contribution in [1.82, 2.24) is 0 Å². The molecule has 1 aliphatic heterocycles. The first-order valence-corrected chi connectivity index (χ1v) is 8.77. The maximum atomic E-state index is 13.0. The number of carbonyl (C=O) groups is 1. The molecule has 0 saturated carbocycles. The molecule has 5 nitrogen and oxygen atoms in total. The summed E-state index contributed by atoms with van der Waals surface area (Å²) in [6.45, 7) is 0.432. The summed E-state index contributed by atoms with van der Waals surface area (Å²) in [5, 5.41) is 0. The molecule has 1 heterocycles. The van der Waals surface area contributed by atoms with Crippen LogP contribution >= 0.6 is 0 Å². The fourth-order valence-electron chi connectivity index (χ4n) is 2.78. The molecule has 0 spiro atoms. The van der Waals surface area contributed by atoms with Crippen molar-refractivity contribution in [3.63, 3.8) is 0 Å². The number of methoxy groups -OCH3 is 1. The van der Waals surface area contributed by atoms with Crippen molar-refractivity contribution in [2.75, 3.05) is 18.0 Å². The Balaban J connectivity index is 2.05. The molecular weight excluding hydrogens is 314 g/mol. The van der Waals surface area contributed by atoms with E-state index in [1.807, 2.05) is 24.3 Å². The van der Waals surface area contributed by atoms with Gasteiger partial charge in [-0.2, -0.15) is 0 Å². The number of hydrogen-bond donors (Lipinski definition) is 0. The molecule has 3 rings (SSSR count). The smallest absolute Gasteiger partial charge is 0.337 e. The molecule has 1 aliphatic rings. The largest absolute Gasteiger partial charge is 0.465 e. The number of anilines is 1. The molecule has 0 aliphatic carbocycles. The minimum Gasteiger partial charge on any atom is -0.465 e. The van der Waals surface area contributed by atoms with E-state index in [4.69, 9.17) is 0 Å². The first kappa shape index (κ1) is 15.6. The number of esters is 1. The van der Waals surface area contributed by atoms with Gasteiger partial charge in [-0.05, 0) is 42.7 Å². The normalized spacial score (nSPS) is 14.2. The fraction of sp³-hybridized carbons (Fsp3) is 0.235. The third-order valence-electron chi connectivity index (χ3n) is 3.91. The molecule has 0 atom stereocenters. The molecule has 0 fully saturated rings. The van der Waals surface area contributed by atoms with Gasteiger partial charge in [0.25, 0.3) is 10.0 Å². The maximum absolute atomic E-state index is 13.0. The van der Waals surface area contributed by atoms with Gasteiger partial charge in [0, 0.05) is 6.54 Å². The van der Waals surface area contributed by atoms with Gasteiger partial charge in [0.2, 0.25) is 0 Å². The van der Waals surface area contributed by atoms with Crippen molar-refractivity contribution in [1.29, 1.82) is 0 Å². The Kier molecular flexibility index (Phi) is 4.09. The first-order chi connectivity index (χ1) is 11.0. The van der Waals surface area contributed by atoms with Crippen LogP contribution in [0.1, 0.15) is 22.3 Å². The zero-order valence-electron chi connectivity index (χ0n) is 12.7. The number of carbonyl (C=O) groups excluding carboxylic acids is 1. The zero-order valence-corrected chi connectivity index (χ0v) is 13.5. The molecule has 23 heavy (non-hydrogen) atoms. The van der Waals surface area contributed by atoms with Crippen LogP contribution in [0, 0.1) is 0 Å². The Morgan fingerprint density at radius 3 is 2.70 bits per heavy atom. The van der Waals surface area contributed by atoms with Gasteiger partial charge in [-0.25, -0.2) is 13.2 Å². The lowest BCUT2D eigenvalue weighted by Crippen LogP contribution is -2.35. The van der Waals surface area contributed by atoms with Gasteiger partial charge in [0.05, 0.1) is 23.3 Å². The Morgan fingerprint density at radius 1 is 1.13 bits per heavy atom. The van der Waals surface area contributed by atoms with E-state index < -0.39 is 16.0 Å². The molecule has 0 saturated heterocycles. The van der Waals surface area contributed by atoms with E-state index >= 15 is 0 Å². The molecule has 0 radical (unpaired) electrons. The second-order valence-electron chi connectivity index (χ2n) is 5.33. The second-order valence-corrected chi connectivity index (χ2v) is 7.19. The fourth-order valence-corrected chi connectivity index (χ4v) is 4.36. The van der Waals surface area contributed by atoms with E-state index in [0.717, 1.165) is 18.4 Å². The molecule has 2 aromatic rings. The third kappa shape index (κ3) is 2.82. The molecule has 6 heteroatoms. The average molecular weight is 331 g/mol. The minimum absolute atomic E-state index is 0.0945. The number of nitrogens with zero attached hydrogens (tertiary/aromatic N) is 1. The molecular formula is C17H17NO4S. The highest BCUT2D eigenvalue weighted by Gasteiger charge is 2.29. The SMILES string of the molecule is COC(=O)c1cccc(S(=O)(=O)N2CCCc3ccccc32)c1. The first-order valence-electron chi connectivity index (χ1n) is 7.33. The van der Waals surface area contributed by atoms with E-state index in [-0.39, 0.29) is 10.5 Å². The number of benzene rings is 2. The lowest BCUT2D eigenvalue weighted by atomic mass is 10.0. The minimum atomic E-state index is -3.71. The number of para-hydroxylation sites is 1.